The van der Waals surface area contributed by atoms with E-state index >= 15 is 0 Å². The topological polar surface area (TPSA) is 68.9 Å². The quantitative estimate of drug-likeness (QED) is 0.694. The smallest absolute Gasteiger partial charge is 0.155 e. The molecule has 0 spiro atoms. The summed E-state index contributed by atoms with van der Waals surface area (Å²) < 4.78 is 7.66. The van der Waals surface area contributed by atoms with Gasteiger partial charge in [-0.2, -0.15) is 8.75 Å². The minimum Gasteiger partial charge on any atom is -0.322 e. The first kappa shape index (κ1) is 8.29. The fraction of sp³-hybridized carbons (Fsp3) is 0.500. The van der Waals surface area contributed by atoms with Crippen LogP contribution in [0.4, 0.5) is 0 Å². The van der Waals surface area contributed by atoms with Crippen molar-refractivity contribution < 1.29 is 4.79 Å². The van der Waals surface area contributed by atoms with Crippen LogP contribution < -0.4 is 5.73 Å². The summed E-state index contributed by atoms with van der Waals surface area (Å²) in [6, 6.07) is -0.406. The van der Waals surface area contributed by atoms with Gasteiger partial charge in [-0.1, -0.05) is 0 Å². The van der Waals surface area contributed by atoms with Gasteiger partial charge in [0.2, 0.25) is 0 Å². The summed E-state index contributed by atoms with van der Waals surface area (Å²) in [5, 5.41) is 0. The number of hydrogen-bond donors (Lipinski definition) is 1. The highest BCUT2D eigenvalue weighted by Crippen LogP contribution is 1.98. The molecule has 0 fully saturated rings. The standard InChI is InChI=1S/C6H9N3OS/c1-4(7)6(10)2-5-3-8-11-9-5/h3-4H,2,7H2,1H3/t4-/m0/s1. The molecule has 0 saturated heterocycles. The lowest BCUT2D eigenvalue weighted by molar-refractivity contribution is -0.119. The summed E-state index contributed by atoms with van der Waals surface area (Å²) in [5.41, 5.74) is 6.06. The fourth-order valence-electron chi connectivity index (χ4n) is 0.601. The van der Waals surface area contributed by atoms with Crippen LogP contribution in [0.5, 0.6) is 0 Å². The number of Topliss-reactive ketones (excluding diaryl/α,β-unsaturated/α-hetero) is 1. The van der Waals surface area contributed by atoms with Gasteiger partial charge in [0.1, 0.15) is 0 Å². The summed E-state index contributed by atoms with van der Waals surface area (Å²) in [6.07, 6.45) is 1.89. The van der Waals surface area contributed by atoms with E-state index in [0.717, 1.165) is 11.7 Å². The monoisotopic (exact) mass is 171 g/mol. The Kier molecular flexibility index (Phi) is 2.67. The van der Waals surface area contributed by atoms with E-state index in [1.807, 2.05) is 0 Å². The van der Waals surface area contributed by atoms with Crippen LogP contribution in [0.25, 0.3) is 0 Å². The minimum atomic E-state index is -0.406. The second-order valence-corrected chi connectivity index (χ2v) is 2.89. The van der Waals surface area contributed by atoms with E-state index in [-0.39, 0.29) is 5.78 Å². The van der Waals surface area contributed by atoms with E-state index < -0.39 is 6.04 Å². The van der Waals surface area contributed by atoms with Crippen molar-refractivity contribution in [3.05, 3.63) is 11.9 Å². The molecule has 0 aromatic carbocycles. The van der Waals surface area contributed by atoms with Crippen molar-refractivity contribution in [1.82, 2.24) is 8.75 Å². The third-order valence-electron chi connectivity index (χ3n) is 1.27. The molecule has 0 aliphatic heterocycles. The van der Waals surface area contributed by atoms with Crippen LogP contribution in [0.2, 0.25) is 0 Å². The van der Waals surface area contributed by atoms with E-state index in [2.05, 4.69) is 8.75 Å². The van der Waals surface area contributed by atoms with Crippen molar-refractivity contribution in [2.45, 2.75) is 19.4 Å². The molecule has 0 radical (unpaired) electrons. The summed E-state index contributed by atoms with van der Waals surface area (Å²) >= 11 is 1.10. The molecule has 1 aromatic rings. The van der Waals surface area contributed by atoms with Crippen LogP contribution in [-0.4, -0.2) is 20.6 Å². The highest BCUT2D eigenvalue weighted by Gasteiger charge is 2.09. The number of ketones is 1. The van der Waals surface area contributed by atoms with Gasteiger partial charge in [0, 0.05) is 0 Å². The largest absolute Gasteiger partial charge is 0.322 e. The zero-order valence-corrected chi connectivity index (χ0v) is 6.97. The maximum Gasteiger partial charge on any atom is 0.155 e. The van der Waals surface area contributed by atoms with E-state index in [4.69, 9.17) is 5.73 Å². The average molecular weight is 171 g/mol. The summed E-state index contributed by atoms with van der Waals surface area (Å²) in [6.45, 7) is 1.67. The lowest BCUT2D eigenvalue weighted by Gasteiger charge is -1.99. The molecule has 4 nitrogen and oxygen atoms in total. The molecule has 1 rings (SSSR count). The Bertz CT molecular complexity index is 232. The molecule has 1 atom stereocenters. The molecule has 1 aromatic heterocycles. The number of nitrogens with zero attached hydrogens (tertiary/aromatic N) is 2. The Morgan fingerprint density at radius 2 is 2.64 bits per heavy atom. The lowest BCUT2D eigenvalue weighted by atomic mass is 10.1. The van der Waals surface area contributed by atoms with Gasteiger partial charge in [0.05, 0.1) is 36.1 Å². The lowest BCUT2D eigenvalue weighted by Crippen LogP contribution is -2.28. The number of hydrogen-bond acceptors (Lipinski definition) is 5. The number of carbonyl (C=O) groups is 1. The van der Waals surface area contributed by atoms with Crippen molar-refractivity contribution >= 4 is 17.5 Å². The SMILES string of the molecule is C[C@H](N)C(=O)Cc1cnsn1. The van der Waals surface area contributed by atoms with Gasteiger partial charge in [-0.25, -0.2) is 0 Å². The molecule has 60 valence electrons. The zero-order chi connectivity index (χ0) is 8.27. The maximum atomic E-state index is 11.0. The second-order valence-electron chi connectivity index (χ2n) is 2.33. The molecule has 1 heterocycles. The molecule has 0 amide bonds. The van der Waals surface area contributed by atoms with E-state index in [1.54, 1.807) is 13.1 Å². The Hall–Kier alpha value is -0.810. The van der Waals surface area contributed by atoms with Crippen LogP contribution in [0, 0.1) is 0 Å². The molecule has 0 saturated carbocycles. The fourth-order valence-corrected chi connectivity index (χ4v) is 1.03. The van der Waals surface area contributed by atoms with Crippen LogP contribution in [0.1, 0.15) is 12.6 Å². The Labute approximate surface area is 68.8 Å². The summed E-state index contributed by atoms with van der Waals surface area (Å²) in [7, 11) is 0. The van der Waals surface area contributed by atoms with Gasteiger partial charge in [-0.15, -0.1) is 0 Å². The van der Waals surface area contributed by atoms with Crippen LogP contribution >= 0.6 is 11.7 Å². The van der Waals surface area contributed by atoms with Gasteiger partial charge in [0.25, 0.3) is 0 Å². The van der Waals surface area contributed by atoms with Crippen LogP contribution in [-0.2, 0) is 11.2 Å². The normalized spacial score (nSPS) is 12.9. The van der Waals surface area contributed by atoms with Crippen LogP contribution in [0.15, 0.2) is 6.20 Å². The number of nitrogens with two attached hydrogens (primary N) is 1. The molecule has 0 aliphatic rings. The highest BCUT2D eigenvalue weighted by molar-refractivity contribution is 6.99. The van der Waals surface area contributed by atoms with E-state index in [9.17, 15) is 4.79 Å². The molecule has 11 heavy (non-hydrogen) atoms. The van der Waals surface area contributed by atoms with Crippen molar-refractivity contribution in [3.63, 3.8) is 0 Å². The first-order valence-corrected chi connectivity index (χ1v) is 3.98. The Morgan fingerprint density at radius 1 is 1.91 bits per heavy atom. The van der Waals surface area contributed by atoms with Crippen molar-refractivity contribution in [2.24, 2.45) is 5.73 Å². The van der Waals surface area contributed by atoms with E-state index in [1.165, 1.54) is 0 Å². The van der Waals surface area contributed by atoms with Gasteiger partial charge in [-0.3, -0.25) is 4.79 Å². The van der Waals surface area contributed by atoms with Gasteiger partial charge >= 0.3 is 0 Å². The van der Waals surface area contributed by atoms with Gasteiger partial charge in [0.15, 0.2) is 5.78 Å². The Balaban J connectivity index is 2.50. The van der Waals surface area contributed by atoms with E-state index in [0.29, 0.717) is 12.1 Å². The number of rotatable bonds is 3. The molecule has 0 bridgehead atoms. The first-order chi connectivity index (χ1) is 5.20. The van der Waals surface area contributed by atoms with Crippen molar-refractivity contribution in [2.75, 3.05) is 0 Å². The average Bonchev–Trinajstić information content (AvgIpc) is 2.39. The minimum absolute atomic E-state index is 0.00213. The zero-order valence-electron chi connectivity index (χ0n) is 6.15. The first-order valence-electron chi connectivity index (χ1n) is 3.25. The maximum absolute atomic E-state index is 11.0. The third-order valence-corrected chi connectivity index (χ3v) is 1.79. The molecule has 0 aliphatic carbocycles. The molecular weight excluding hydrogens is 162 g/mol. The van der Waals surface area contributed by atoms with Crippen molar-refractivity contribution in [1.29, 1.82) is 0 Å². The molecule has 5 heteroatoms. The molecule has 0 unspecified atom stereocenters. The third kappa shape index (κ3) is 2.36. The summed E-state index contributed by atoms with van der Waals surface area (Å²) in [5.74, 6) is -0.00213. The predicted octanol–water partition coefficient (Wildman–Crippen LogP) is -0.00310. The van der Waals surface area contributed by atoms with Gasteiger partial charge in [-0.05, 0) is 6.92 Å². The second kappa shape index (κ2) is 3.54. The summed E-state index contributed by atoms with van der Waals surface area (Å²) in [4.78, 5) is 11.0. The Morgan fingerprint density at radius 3 is 3.09 bits per heavy atom. The predicted molar refractivity (Wildman–Crippen MR) is 42.3 cm³/mol. The highest BCUT2D eigenvalue weighted by atomic mass is 32.1. The molecule has 2 N–H and O–H groups in total. The van der Waals surface area contributed by atoms with Gasteiger partial charge < -0.3 is 5.73 Å². The van der Waals surface area contributed by atoms with Crippen LogP contribution in [0.3, 0.4) is 0 Å². The van der Waals surface area contributed by atoms with Crippen molar-refractivity contribution in [3.8, 4) is 0 Å². The molecular formula is C6H9N3OS. The number of aromatic nitrogens is 2. The number of carbonyl (C=O) groups excluding carboxylic acids is 1.